The van der Waals surface area contributed by atoms with Gasteiger partial charge in [0, 0.05) is 20.1 Å². The molecule has 0 bridgehead atoms. The summed E-state index contributed by atoms with van der Waals surface area (Å²) in [5.74, 6) is -0.633. The second-order valence-corrected chi connectivity index (χ2v) is 3.29. The van der Waals surface area contributed by atoms with Gasteiger partial charge in [0.05, 0.1) is 12.8 Å². The molecule has 0 aliphatic rings. The van der Waals surface area contributed by atoms with Crippen molar-refractivity contribution in [1.82, 2.24) is 10.2 Å². The second-order valence-electron chi connectivity index (χ2n) is 3.29. The summed E-state index contributed by atoms with van der Waals surface area (Å²) >= 11 is 0. The zero-order valence-electron chi connectivity index (χ0n) is 9.10. The van der Waals surface area contributed by atoms with Crippen molar-refractivity contribution in [2.24, 2.45) is 5.73 Å². The van der Waals surface area contributed by atoms with Crippen LogP contribution in [0.15, 0.2) is 22.8 Å². The van der Waals surface area contributed by atoms with Crippen LogP contribution in [0.5, 0.6) is 0 Å². The lowest BCUT2D eigenvalue weighted by Gasteiger charge is -2.14. The molecule has 6 heteroatoms. The third-order valence-electron chi connectivity index (χ3n) is 1.94. The summed E-state index contributed by atoms with van der Waals surface area (Å²) in [7, 11) is 1.53. The molecule has 0 saturated heterocycles. The lowest BCUT2D eigenvalue weighted by atomic mass is 10.4. The number of nitrogens with zero attached hydrogens (tertiary/aromatic N) is 1. The molecule has 0 radical (unpaired) electrons. The van der Waals surface area contributed by atoms with Crippen molar-refractivity contribution in [2.75, 3.05) is 20.1 Å². The van der Waals surface area contributed by atoms with Gasteiger partial charge >= 0.3 is 11.8 Å². The van der Waals surface area contributed by atoms with E-state index in [9.17, 15) is 9.59 Å². The largest absolute Gasteiger partial charge is 0.467 e. The minimum Gasteiger partial charge on any atom is -0.467 e. The predicted molar refractivity (Wildman–Crippen MR) is 57.2 cm³/mol. The fourth-order valence-electron chi connectivity index (χ4n) is 1.14. The SMILES string of the molecule is CN(Cc1ccco1)C(=O)C(=O)NCCN. The van der Waals surface area contributed by atoms with E-state index in [0.29, 0.717) is 18.8 Å². The van der Waals surface area contributed by atoms with Gasteiger partial charge in [0.2, 0.25) is 0 Å². The van der Waals surface area contributed by atoms with Crippen LogP contribution < -0.4 is 11.1 Å². The minimum absolute atomic E-state index is 0.266. The molecular formula is C10H15N3O3. The number of rotatable bonds is 4. The molecule has 0 saturated carbocycles. The molecule has 1 rings (SSSR count). The Labute approximate surface area is 93.4 Å². The lowest BCUT2D eigenvalue weighted by molar-refractivity contribution is -0.145. The summed E-state index contributed by atoms with van der Waals surface area (Å²) in [5, 5.41) is 2.41. The van der Waals surface area contributed by atoms with E-state index in [2.05, 4.69) is 5.32 Å². The number of amides is 2. The minimum atomic E-state index is -0.653. The molecule has 3 N–H and O–H groups in total. The van der Waals surface area contributed by atoms with Crippen LogP contribution >= 0.6 is 0 Å². The van der Waals surface area contributed by atoms with Gasteiger partial charge < -0.3 is 20.4 Å². The number of hydrogen-bond acceptors (Lipinski definition) is 4. The van der Waals surface area contributed by atoms with Crippen LogP contribution in [0.1, 0.15) is 5.76 Å². The molecule has 1 aromatic rings. The van der Waals surface area contributed by atoms with Gasteiger partial charge in [-0.1, -0.05) is 0 Å². The molecule has 1 heterocycles. The Balaban J connectivity index is 2.44. The number of likely N-dealkylation sites (N-methyl/N-ethyl adjacent to an activating group) is 1. The van der Waals surface area contributed by atoms with Gasteiger partial charge in [0.25, 0.3) is 0 Å². The van der Waals surface area contributed by atoms with Gasteiger partial charge in [-0.05, 0) is 12.1 Å². The van der Waals surface area contributed by atoms with Crippen LogP contribution in [0.25, 0.3) is 0 Å². The molecule has 6 nitrogen and oxygen atoms in total. The third kappa shape index (κ3) is 3.39. The van der Waals surface area contributed by atoms with E-state index in [0.717, 1.165) is 0 Å². The Hall–Kier alpha value is -1.82. The Morgan fingerprint density at radius 3 is 2.88 bits per heavy atom. The number of carbonyl (C=O) groups is 2. The van der Waals surface area contributed by atoms with Crippen molar-refractivity contribution in [3.8, 4) is 0 Å². The summed E-state index contributed by atoms with van der Waals surface area (Å²) in [6.07, 6.45) is 1.52. The summed E-state index contributed by atoms with van der Waals surface area (Å²) < 4.78 is 5.07. The van der Waals surface area contributed by atoms with Gasteiger partial charge in [-0.3, -0.25) is 9.59 Å². The number of hydrogen-bond donors (Lipinski definition) is 2. The Bertz CT molecular complexity index is 348. The first-order chi connectivity index (χ1) is 7.65. The molecule has 0 aromatic carbocycles. The smallest absolute Gasteiger partial charge is 0.312 e. The van der Waals surface area contributed by atoms with Gasteiger partial charge in [-0.25, -0.2) is 0 Å². The molecule has 16 heavy (non-hydrogen) atoms. The fourth-order valence-corrected chi connectivity index (χ4v) is 1.14. The number of nitrogens with one attached hydrogen (secondary N) is 1. The Kier molecular flexibility index (Phi) is 4.53. The summed E-state index contributed by atoms with van der Waals surface area (Å²) in [5.41, 5.74) is 5.21. The van der Waals surface area contributed by atoms with Crippen molar-refractivity contribution >= 4 is 11.8 Å². The van der Waals surface area contributed by atoms with E-state index in [1.54, 1.807) is 12.1 Å². The molecule has 0 aliphatic carbocycles. The topological polar surface area (TPSA) is 88.6 Å². The van der Waals surface area contributed by atoms with Crippen LogP contribution in [0.3, 0.4) is 0 Å². The zero-order valence-corrected chi connectivity index (χ0v) is 9.10. The van der Waals surface area contributed by atoms with Gasteiger partial charge in [-0.2, -0.15) is 0 Å². The van der Waals surface area contributed by atoms with Gasteiger partial charge in [0.1, 0.15) is 5.76 Å². The standard InChI is InChI=1S/C10H15N3O3/c1-13(7-8-3-2-6-16-8)10(15)9(14)12-5-4-11/h2-3,6H,4-5,7,11H2,1H3,(H,12,14). The third-order valence-corrected chi connectivity index (χ3v) is 1.94. The van der Waals surface area contributed by atoms with Gasteiger partial charge in [-0.15, -0.1) is 0 Å². The van der Waals surface area contributed by atoms with Crippen LogP contribution in [0, 0.1) is 0 Å². The average Bonchev–Trinajstić information content (AvgIpc) is 2.77. The lowest BCUT2D eigenvalue weighted by Crippen LogP contribution is -2.42. The number of furan rings is 1. The van der Waals surface area contributed by atoms with Crippen LogP contribution in [-0.2, 0) is 16.1 Å². The highest BCUT2D eigenvalue weighted by Crippen LogP contribution is 2.03. The first kappa shape index (κ1) is 12.3. The normalized spacial score (nSPS) is 9.88. The molecule has 0 fully saturated rings. The van der Waals surface area contributed by atoms with E-state index >= 15 is 0 Å². The van der Waals surface area contributed by atoms with Crippen molar-refractivity contribution in [2.45, 2.75) is 6.54 Å². The molecule has 2 amide bonds. The van der Waals surface area contributed by atoms with E-state index in [1.165, 1.54) is 18.2 Å². The summed E-state index contributed by atoms with van der Waals surface area (Å²) in [6.45, 7) is 0.863. The van der Waals surface area contributed by atoms with E-state index in [1.807, 2.05) is 0 Å². The summed E-state index contributed by atoms with van der Waals surface area (Å²) in [4.78, 5) is 24.1. The number of nitrogens with two attached hydrogens (primary N) is 1. The van der Waals surface area contributed by atoms with E-state index in [-0.39, 0.29) is 6.54 Å². The predicted octanol–water partition coefficient (Wildman–Crippen LogP) is -0.687. The first-order valence-electron chi connectivity index (χ1n) is 4.91. The van der Waals surface area contributed by atoms with Gasteiger partial charge in [0.15, 0.2) is 0 Å². The van der Waals surface area contributed by atoms with Crippen LogP contribution in [-0.4, -0.2) is 36.9 Å². The summed E-state index contributed by atoms with van der Waals surface area (Å²) in [6, 6.07) is 3.46. The molecular weight excluding hydrogens is 210 g/mol. The second kappa shape index (κ2) is 5.92. The van der Waals surface area contributed by atoms with Crippen LogP contribution in [0.4, 0.5) is 0 Å². The maximum atomic E-state index is 11.5. The molecule has 1 aromatic heterocycles. The molecule has 88 valence electrons. The highest BCUT2D eigenvalue weighted by molar-refractivity contribution is 6.34. The molecule has 0 spiro atoms. The molecule has 0 unspecified atom stereocenters. The Morgan fingerprint density at radius 2 is 2.31 bits per heavy atom. The highest BCUT2D eigenvalue weighted by Gasteiger charge is 2.18. The van der Waals surface area contributed by atoms with E-state index in [4.69, 9.17) is 10.2 Å². The van der Waals surface area contributed by atoms with Crippen LogP contribution in [0.2, 0.25) is 0 Å². The van der Waals surface area contributed by atoms with Crippen molar-refractivity contribution in [3.63, 3.8) is 0 Å². The quantitative estimate of drug-likeness (QED) is 0.664. The highest BCUT2D eigenvalue weighted by atomic mass is 16.3. The fraction of sp³-hybridized carbons (Fsp3) is 0.400. The Morgan fingerprint density at radius 1 is 1.56 bits per heavy atom. The average molecular weight is 225 g/mol. The maximum absolute atomic E-state index is 11.5. The van der Waals surface area contributed by atoms with Crippen molar-refractivity contribution in [1.29, 1.82) is 0 Å². The van der Waals surface area contributed by atoms with Crippen molar-refractivity contribution < 1.29 is 14.0 Å². The zero-order chi connectivity index (χ0) is 12.0. The van der Waals surface area contributed by atoms with E-state index < -0.39 is 11.8 Å². The monoisotopic (exact) mass is 225 g/mol. The van der Waals surface area contributed by atoms with Crippen molar-refractivity contribution in [3.05, 3.63) is 24.2 Å². The maximum Gasteiger partial charge on any atom is 0.312 e. The molecule has 0 atom stereocenters. The number of carbonyl (C=O) groups excluding carboxylic acids is 2. The first-order valence-corrected chi connectivity index (χ1v) is 4.91. The molecule has 0 aliphatic heterocycles.